The predicted octanol–water partition coefficient (Wildman–Crippen LogP) is 3.30. The third-order valence-corrected chi connectivity index (χ3v) is 4.91. The molecule has 4 rings (SSSR count). The van der Waals surface area contributed by atoms with Gasteiger partial charge in [0.2, 0.25) is 5.91 Å². The van der Waals surface area contributed by atoms with Gasteiger partial charge in [-0.25, -0.2) is 4.98 Å². The van der Waals surface area contributed by atoms with E-state index in [-0.39, 0.29) is 11.9 Å². The standard InChI is InChI=1S/C17H17BrN4O2/c1-11-7-14(20-24-11)15-3-2-6-21(15)17(23)8-13-9-19-16-5-4-12(18)10-22(13)16/h4-5,7,9-10,15H,2-3,6,8H2,1H3. The molecule has 0 aliphatic carbocycles. The van der Waals surface area contributed by atoms with Crippen molar-refractivity contribution in [1.82, 2.24) is 19.4 Å². The highest BCUT2D eigenvalue weighted by atomic mass is 79.9. The minimum Gasteiger partial charge on any atom is -0.361 e. The number of rotatable bonds is 3. The van der Waals surface area contributed by atoms with Crippen LogP contribution in [0.3, 0.4) is 0 Å². The molecule has 0 N–H and O–H groups in total. The highest BCUT2D eigenvalue weighted by molar-refractivity contribution is 9.10. The number of fused-ring (bicyclic) bond motifs is 1. The number of pyridine rings is 1. The Kier molecular flexibility index (Phi) is 3.88. The zero-order valence-corrected chi connectivity index (χ0v) is 14.9. The second kappa shape index (κ2) is 6.05. The van der Waals surface area contributed by atoms with E-state index in [0.29, 0.717) is 6.42 Å². The Morgan fingerprint density at radius 1 is 1.46 bits per heavy atom. The number of imidazole rings is 1. The van der Waals surface area contributed by atoms with Crippen LogP contribution < -0.4 is 0 Å². The van der Waals surface area contributed by atoms with Crippen molar-refractivity contribution < 1.29 is 9.32 Å². The van der Waals surface area contributed by atoms with Crippen molar-refractivity contribution in [3.63, 3.8) is 0 Å². The monoisotopic (exact) mass is 388 g/mol. The molecule has 0 bridgehead atoms. The first-order valence-corrected chi connectivity index (χ1v) is 8.75. The molecular weight excluding hydrogens is 372 g/mol. The van der Waals surface area contributed by atoms with Crippen LogP contribution >= 0.6 is 15.9 Å². The molecule has 0 radical (unpaired) electrons. The quantitative estimate of drug-likeness (QED) is 0.690. The number of aryl methyl sites for hydroxylation is 1. The normalized spacial score (nSPS) is 17.8. The van der Waals surface area contributed by atoms with Crippen LogP contribution in [0.25, 0.3) is 5.65 Å². The average molecular weight is 389 g/mol. The van der Waals surface area contributed by atoms with E-state index in [4.69, 9.17) is 4.52 Å². The zero-order valence-electron chi connectivity index (χ0n) is 13.3. The Morgan fingerprint density at radius 3 is 3.12 bits per heavy atom. The molecule has 0 spiro atoms. The summed E-state index contributed by atoms with van der Waals surface area (Å²) in [7, 11) is 0. The minimum absolute atomic E-state index is 0.0147. The summed E-state index contributed by atoms with van der Waals surface area (Å²) in [5.41, 5.74) is 2.57. The second-order valence-electron chi connectivity index (χ2n) is 6.11. The summed E-state index contributed by atoms with van der Waals surface area (Å²) in [6.45, 7) is 2.63. The van der Waals surface area contributed by atoms with Crippen LogP contribution in [0, 0.1) is 6.92 Å². The van der Waals surface area contributed by atoms with Gasteiger partial charge in [-0.05, 0) is 47.8 Å². The van der Waals surface area contributed by atoms with Gasteiger partial charge >= 0.3 is 0 Å². The van der Waals surface area contributed by atoms with Crippen LogP contribution in [0.15, 0.2) is 39.6 Å². The zero-order chi connectivity index (χ0) is 16.7. The lowest BCUT2D eigenvalue weighted by atomic mass is 10.1. The first-order chi connectivity index (χ1) is 11.6. The van der Waals surface area contributed by atoms with E-state index in [1.807, 2.05) is 40.6 Å². The third kappa shape index (κ3) is 2.73. The topological polar surface area (TPSA) is 63.6 Å². The summed E-state index contributed by atoms with van der Waals surface area (Å²) in [5.74, 6) is 0.871. The highest BCUT2D eigenvalue weighted by Gasteiger charge is 2.32. The lowest BCUT2D eigenvalue weighted by Crippen LogP contribution is -2.32. The molecule has 4 heterocycles. The number of hydrogen-bond acceptors (Lipinski definition) is 4. The van der Waals surface area contributed by atoms with Crippen LogP contribution in [0.1, 0.15) is 36.0 Å². The van der Waals surface area contributed by atoms with Gasteiger partial charge in [0.05, 0.1) is 18.2 Å². The van der Waals surface area contributed by atoms with Crippen molar-refractivity contribution in [1.29, 1.82) is 0 Å². The van der Waals surface area contributed by atoms with Gasteiger partial charge in [-0.15, -0.1) is 0 Å². The molecule has 1 atom stereocenters. The van der Waals surface area contributed by atoms with Crippen molar-refractivity contribution in [2.45, 2.75) is 32.2 Å². The number of halogens is 1. The fraction of sp³-hybridized carbons (Fsp3) is 0.353. The number of likely N-dealkylation sites (tertiary alicyclic amines) is 1. The van der Waals surface area contributed by atoms with Gasteiger partial charge in [0.25, 0.3) is 0 Å². The van der Waals surface area contributed by atoms with Gasteiger partial charge in [-0.1, -0.05) is 5.16 Å². The molecule has 24 heavy (non-hydrogen) atoms. The first-order valence-electron chi connectivity index (χ1n) is 7.96. The van der Waals surface area contributed by atoms with E-state index in [1.54, 1.807) is 6.20 Å². The molecule has 0 aromatic carbocycles. The molecule has 1 fully saturated rings. The van der Waals surface area contributed by atoms with Crippen molar-refractivity contribution in [2.24, 2.45) is 0 Å². The lowest BCUT2D eigenvalue weighted by Gasteiger charge is -2.22. The molecule has 6 nitrogen and oxygen atoms in total. The molecule has 1 saturated heterocycles. The molecule has 0 saturated carbocycles. The Hall–Kier alpha value is -2.15. The summed E-state index contributed by atoms with van der Waals surface area (Å²) in [6.07, 6.45) is 5.95. The molecule has 1 amide bonds. The highest BCUT2D eigenvalue weighted by Crippen LogP contribution is 2.32. The van der Waals surface area contributed by atoms with E-state index in [2.05, 4.69) is 26.1 Å². The molecule has 3 aromatic heterocycles. The fourth-order valence-electron chi connectivity index (χ4n) is 3.31. The Balaban J connectivity index is 1.57. The second-order valence-corrected chi connectivity index (χ2v) is 7.03. The number of hydrogen-bond donors (Lipinski definition) is 0. The summed E-state index contributed by atoms with van der Waals surface area (Å²) >= 11 is 3.46. The average Bonchev–Trinajstić information content (AvgIpc) is 3.27. The van der Waals surface area contributed by atoms with Gasteiger partial charge in [0.1, 0.15) is 17.1 Å². The number of carbonyl (C=O) groups is 1. The van der Waals surface area contributed by atoms with Crippen LogP contribution in [0.5, 0.6) is 0 Å². The van der Waals surface area contributed by atoms with Gasteiger partial charge in [0, 0.05) is 29.5 Å². The van der Waals surface area contributed by atoms with Gasteiger partial charge in [0.15, 0.2) is 0 Å². The molecule has 1 aliphatic heterocycles. The van der Waals surface area contributed by atoms with E-state index in [0.717, 1.165) is 46.7 Å². The third-order valence-electron chi connectivity index (χ3n) is 4.44. The van der Waals surface area contributed by atoms with Crippen molar-refractivity contribution in [3.8, 4) is 0 Å². The molecular formula is C17H17BrN4O2. The summed E-state index contributed by atoms with van der Waals surface area (Å²) in [4.78, 5) is 19.1. The molecule has 1 unspecified atom stereocenters. The Morgan fingerprint density at radius 2 is 2.33 bits per heavy atom. The Bertz CT molecular complexity index is 901. The van der Waals surface area contributed by atoms with Crippen molar-refractivity contribution in [3.05, 3.63) is 52.2 Å². The van der Waals surface area contributed by atoms with E-state index in [9.17, 15) is 4.79 Å². The summed E-state index contributed by atoms with van der Waals surface area (Å²) in [6, 6.07) is 5.80. The van der Waals surface area contributed by atoms with Crippen LogP contribution in [-0.4, -0.2) is 31.9 Å². The van der Waals surface area contributed by atoms with Gasteiger partial charge < -0.3 is 13.8 Å². The van der Waals surface area contributed by atoms with Gasteiger partial charge in [-0.3, -0.25) is 4.79 Å². The van der Waals surface area contributed by atoms with E-state index < -0.39 is 0 Å². The van der Waals surface area contributed by atoms with Crippen LogP contribution in [0.2, 0.25) is 0 Å². The van der Waals surface area contributed by atoms with Crippen LogP contribution in [-0.2, 0) is 11.2 Å². The minimum atomic E-state index is 0.0147. The number of amides is 1. The largest absolute Gasteiger partial charge is 0.361 e. The number of nitrogens with zero attached hydrogens (tertiary/aromatic N) is 4. The Labute approximate surface area is 147 Å². The maximum absolute atomic E-state index is 12.8. The van der Waals surface area contributed by atoms with Crippen molar-refractivity contribution in [2.75, 3.05) is 6.54 Å². The predicted molar refractivity (Wildman–Crippen MR) is 91.5 cm³/mol. The lowest BCUT2D eigenvalue weighted by molar-refractivity contribution is -0.131. The fourth-order valence-corrected chi connectivity index (χ4v) is 3.64. The first kappa shape index (κ1) is 15.4. The van der Waals surface area contributed by atoms with Crippen LogP contribution in [0.4, 0.5) is 0 Å². The summed E-state index contributed by atoms with van der Waals surface area (Å²) < 4.78 is 8.08. The summed E-state index contributed by atoms with van der Waals surface area (Å²) in [5, 5.41) is 4.10. The molecule has 3 aromatic rings. The maximum atomic E-state index is 12.8. The number of aromatic nitrogens is 3. The van der Waals surface area contributed by atoms with Crippen molar-refractivity contribution >= 4 is 27.5 Å². The van der Waals surface area contributed by atoms with E-state index >= 15 is 0 Å². The van der Waals surface area contributed by atoms with Gasteiger partial charge in [-0.2, -0.15) is 0 Å². The maximum Gasteiger partial charge on any atom is 0.229 e. The number of carbonyl (C=O) groups excluding carboxylic acids is 1. The van der Waals surface area contributed by atoms with E-state index in [1.165, 1.54) is 0 Å². The molecule has 7 heteroatoms. The smallest absolute Gasteiger partial charge is 0.229 e. The molecule has 1 aliphatic rings. The molecule has 124 valence electrons. The SMILES string of the molecule is Cc1cc(C2CCCN2C(=O)Cc2cnc3ccc(Br)cn23)no1.